The molecule has 1 N–H and O–H groups in total. The lowest BCUT2D eigenvalue weighted by atomic mass is 9.86. The third-order valence-electron chi connectivity index (χ3n) is 7.44. The van der Waals surface area contributed by atoms with Crippen LogP contribution in [-0.4, -0.2) is 48.4 Å². The number of carbonyl (C=O) groups excluding carboxylic acids is 1. The summed E-state index contributed by atoms with van der Waals surface area (Å²) in [5, 5.41) is 3.50. The standard InChI is InChI=1S/C28H38N4O3/c1-18(2)35-24-10-7-21(8-11-24)28(33)32-16-22-6-5-13-29-27(22)30-25-12-9-23(14-26(25)32)31-15-20(4)34-17-19(31)3/h5-6,9,12-14,18-21,24H,7-8,10-11,15-17H2,1-4H3,(H,29,30)/t19-,20-,21-,24-/m0/s1. The molecular formula is C28H38N4O3. The molecule has 3 heterocycles. The van der Waals surface area contributed by atoms with Gasteiger partial charge in [0.1, 0.15) is 5.82 Å². The number of ether oxygens (including phenoxy) is 2. The van der Waals surface area contributed by atoms with E-state index in [0.29, 0.717) is 13.2 Å². The highest BCUT2D eigenvalue weighted by atomic mass is 16.5. The van der Waals surface area contributed by atoms with Crippen LogP contribution in [0.25, 0.3) is 0 Å². The summed E-state index contributed by atoms with van der Waals surface area (Å²) in [6.07, 6.45) is 6.08. The number of rotatable bonds is 4. The molecule has 5 rings (SSSR count). The largest absolute Gasteiger partial charge is 0.376 e. The smallest absolute Gasteiger partial charge is 0.230 e. The number of hydrogen-bond donors (Lipinski definition) is 1. The van der Waals surface area contributed by atoms with Crippen molar-refractivity contribution in [3.63, 3.8) is 0 Å². The quantitative estimate of drug-likeness (QED) is 0.646. The molecule has 2 fully saturated rings. The second kappa shape index (κ2) is 10.2. The lowest BCUT2D eigenvalue weighted by molar-refractivity contribution is -0.124. The first-order chi connectivity index (χ1) is 16.9. The van der Waals surface area contributed by atoms with Gasteiger partial charge in [-0.05, 0) is 77.6 Å². The highest BCUT2D eigenvalue weighted by Crippen LogP contribution is 2.40. The van der Waals surface area contributed by atoms with E-state index >= 15 is 0 Å². The molecule has 0 bridgehead atoms. The monoisotopic (exact) mass is 478 g/mol. The van der Waals surface area contributed by atoms with Crippen LogP contribution in [-0.2, 0) is 20.8 Å². The Morgan fingerprint density at radius 1 is 1.17 bits per heavy atom. The average Bonchev–Trinajstić information content (AvgIpc) is 3.01. The fourth-order valence-electron chi connectivity index (χ4n) is 5.60. The normalized spacial score (nSPS) is 26.5. The molecule has 0 spiro atoms. The Bertz CT molecular complexity index is 1050. The summed E-state index contributed by atoms with van der Waals surface area (Å²) >= 11 is 0. The van der Waals surface area contributed by atoms with Gasteiger partial charge in [0.05, 0.1) is 42.8 Å². The second-order valence-electron chi connectivity index (χ2n) is 10.6. The van der Waals surface area contributed by atoms with E-state index in [4.69, 9.17) is 9.47 Å². The summed E-state index contributed by atoms with van der Waals surface area (Å²) in [5.74, 6) is 1.03. The number of benzene rings is 1. The van der Waals surface area contributed by atoms with E-state index in [-0.39, 0.29) is 36.2 Å². The third-order valence-corrected chi connectivity index (χ3v) is 7.44. The summed E-state index contributed by atoms with van der Waals surface area (Å²) in [7, 11) is 0. The Hall–Kier alpha value is -2.64. The average molecular weight is 479 g/mol. The molecular weight excluding hydrogens is 440 g/mol. The number of nitrogens with one attached hydrogen (secondary N) is 1. The van der Waals surface area contributed by atoms with Gasteiger partial charge >= 0.3 is 0 Å². The van der Waals surface area contributed by atoms with Gasteiger partial charge in [0.25, 0.3) is 0 Å². The van der Waals surface area contributed by atoms with Gasteiger partial charge in [0, 0.05) is 36.0 Å². The van der Waals surface area contributed by atoms with E-state index < -0.39 is 0 Å². The number of anilines is 4. The minimum Gasteiger partial charge on any atom is -0.376 e. The number of fused-ring (bicyclic) bond motifs is 2. The van der Waals surface area contributed by atoms with E-state index in [0.717, 1.165) is 60.7 Å². The molecule has 1 amide bonds. The van der Waals surface area contributed by atoms with Crippen LogP contribution in [0.1, 0.15) is 58.9 Å². The Kier molecular flexibility index (Phi) is 6.98. The molecule has 1 aromatic carbocycles. The van der Waals surface area contributed by atoms with Crippen LogP contribution in [0.15, 0.2) is 36.5 Å². The molecule has 2 aromatic rings. The summed E-state index contributed by atoms with van der Waals surface area (Å²) < 4.78 is 11.9. The van der Waals surface area contributed by atoms with Crippen molar-refractivity contribution < 1.29 is 14.3 Å². The van der Waals surface area contributed by atoms with E-state index in [9.17, 15) is 4.79 Å². The lowest BCUT2D eigenvalue weighted by Crippen LogP contribution is -2.47. The lowest BCUT2D eigenvalue weighted by Gasteiger charge is -2.39. The molecule has 1 aliphatic carbocycles. The van der Waals surface area contributed by atoms with Crippen LogP contribution >= 0.6 is 0 Å². The summed E-state index contributed by atoms with van der Waals surface area (Å²) in [6, 6.07) is 10.7. The van der Waals surface area contributed by atoms with Gasteiger partial charge in [-0.2, -0.15) is 0 Å². The van der Waals surface area contributed by atoms with Crippen molar-refractivity contribution >= 4 is 28.8 Å². The van der Waals surface area contributed by atoms with Crippen LogP contribution in [0.2, 0.25) is 0 Å². The fourth-order valence-corrected chi connectivity index (χ4v) is 5.60. The zero-order valence-corrected chi connectivity index (χ0v) is 21.4. The number of aromatic nitrogens is 1. The Labute approximate surface area is 208 Å². The summed E-state index contributed by atoms with van der Waals surface area (Å²) in [4.78, 5) is 23.0. The van der Waals surface area contributed by atoms with E-state index in [2.05, 4.69) is 67.2 Å². The van der Waals surface area contributed by atoms with Crippen molar-refractivity contribution in [2.45, 2.75) is 84.3 Å². The second-order valence-corrected chi connectivity index (χ2v) is 10.6. The fraction of sp³-hybridized carbons (Fsp3) is 0.571. The van der Waals surface area contributed by atoms with E-state index in [1.165, 1.54) is 0 Å². The number of amides is 1. The van der Waals surface area contributed by atoms with Crippen molar-refractivity contribution in [1.29, 1.82) is 0 Å². The van der Waals surface area contributed by atoms with Crippen molar-refractivity contribution in [1.82, 2.24) is 4.98 Å². The molecule has 1 saturated carbocycles. The molecule has 2 aliphatic heterocycles. The van der Waals surface area contributed by atoms with Crippen molar-refractivity contribution in [2.24, 2.45) is 5.92 Å². The van der Waals surface area contributed by atoms with Gasteiger partial charge in [-0.1, -0.05) is 6.07 Å². The van der Waals surface area contributed by atoms with Crippen LogP contribution < -0.4 is 15.1 Å². The van der Waals surface area contributed by atoms with Crippen molar-refractivity contribution in [3.8, 4) is 0 Å². The van der Waals surface area contributed by atoms with Crippen LogP contribution in [0.4, 0.5) is 22.9 Å². The molecule has 0 radical (unpaired) electrons. The number of morpholine rings is 1. The molecule has 7 heteroatoms. The van der Waals surface area contributed by atoms with Crippen molar-refractivity contribution in [3.05, 3.63) is 42.1 Å². The highest BCUT2D eigenvalue weighted by molar-refractivity contribution is 6.00. The molecule has 3 aliphatic rings. The maximum atomic E-state index is 14.0. The zero-order chi connectivity index (χ0) is 24.5. The molecule has 1 aromatic heterocycles. The Morgan fingerprint density at radius 3 is 2.74 bits per heavy atom. The van der Waals surface area contributed by atoms with E-state index in [1.54, 1.807) is 6.20 Å². The van der Waals surface area contributed by atoms with Gasteiger partial charge in [0.2, 0.25) is 5.91 Å². The molecule has 1 saturated heterocycles. The van der Waals surface area contributed by atoms with Gasteiger partial charge in [-0.3, -0.25) is 4.79 Å². The minimum absolute atomic E-state index is 0.0130. The number of carbonyl (C=O) groups is 1. The molecule has 2 atom stereocenters. The summed E-state index contributed by atoms with van der Waals surface area (Å²) in [6.45, 7) is 10.5. The SMILES string of the molecule is CC(C)O[C@H]1CC[C@H](C(=O)N2Cc3cccnc3Nc3ccc(N4C[C@H](C)OC[C@@H]4C)cc32)CC1. The van der Waals surface area contributed by atoms with Gasteiger partial charge in [0.15, 0.2) is 0 Å². The Balaban J connectivity index is 1.45. The maximum absolute atomic E-state index is 14.0. The minimum atomic E-state index is 0.0130. The first kappa shape index (κ1) is 24.1. The third kappa shape index (κ3) is 5.16. The van der Waals surface area contributed by atoms with Crippen LogP contribution in [0, 0.1) is 5.92 Å². The topological polar surface area (TPSA) is 66.9 Å². The molecule has 35 heavy (non-hydrogen) atoms. The van der Waals surface area contributed by atoms with Crippen molar-refractivity contribution in [2.75, 3.05) is 28.3 Å². The number of nitrogens with zero attached hydrogens (tertiary/aromatic N) is 3. The van der Waals surface area contributed by atoms with Gasteiger partial charge in [-0.25, -0.2) is 4.98 Å². The highest BCUT2D eigenvalue weighted by Gasteiger charge is 2.34. The zero-order valence-electron chi connectivity index (χ0n) is 21.4. The van der Waals surface area contributed by atoms with Gasteiger partial charge in [-0.15, -0.1) is 0 Å². The van der Waals surface area contributed by atoms with Crippen LogP contribution in [0.3, 0.4) is 0 Å². The maximum Gasteiger partial charge on any atom is 0.230 e. The Morgan fingerprint density at radius 2 is 1.97 bits per heavy atom. The van der Waals surface area contributed by atoms with Crippen LogP contribution in [0.5, 0.6) is 0 Å². The predicted molar refractivity (Wildman–Crippen MR) is 139 cm³/mol. The first-order valence-electron chi connectivity index (χ1n) is 13.1. The summed E-state index contributed by atoms with van der Waals surface area (Å²) in [5.41, 5.74) is 4.01. The molecule has 0 unspecified atom stereocenters. The number of pyridine rings is 1. The molecule has 7 nitrogen and oxygen atoms in total. The van der Waals surface area contributed by atoms with Gasteiger partial charge < -0.3 is 24.6 Å². The predicted octanol–water partition coefficient (Wildman–Crippen LogP) is 5.27. The molecule has 188 valence electrons. The first-order valence-corrected chi connectivity index (χ1v) is 13.1. The van der Waals surface area contributed by atoms with E-state index in [1.807, 2.05) is 11.0 Å². The number of hydrogen-bond acceptors (Lipinski definition) is 6.